The van der Waals surface area contributed by atoms with Gasteiger partial charge < -0.3 is 20.5 Å². The molecule has 2 aliphatic heterocycles. The summed E-state index contributed by atoms with van der Waals surface area (Å²) in [7, 11) is 0. The van der Waals surface area contributed by atoms with Gasteiger partial charge in [0, 0.05) is 27.8 Å². The number of aromatic nitrogens is 3. The van der Waals surface area contributed by atoms with Gasteiger partial charge in [-0.15, -0.1) is 0 Å². The molecule has 7 nitrogen and oxygen atoms in total. The Bertz CT molecular complexity index is 1310. The van der Waals surface area contributed by atoms with Crippen LogP contribution in [0.25, 0.3) is 22.8 Å². The number of nitrogens with zero attached hydrogens (tertiary/aromatic N) is 3. The van der Waals surface area contributed by atoms with E-state index < -0.39 is 6.17 Å². The van der Waals surface area contributed by atoms with E-state index in [0.29, 0.717) is 17.6 Å². The monoisotopic (exact) mass is 461 g/mol. The van der Waals surface area contributed by atoms with Gasteiger partial charge >= 0.3 is 0 Å². The van der Waals surface area contributed by atoms with Crippen LogP contribution >= 0.6 is 0 Å². The summed E-state index contributed by atoms with van der Waals surface area (Å²) in [6.07, 6.45) is 6.45. The highest BCUT2D eigenvalue weighted by Crippen LogP contribution is 2.38. The molecule has 0 saturated carbocycles. The number of nitrogens with two attached hydrogens (primary N) is 1. The summed E-state index contributed by atoms with van der Waals surface area (Å²) in [5.74, 6) is 1.53. The first-order valence-electron chi connectivity index (χ1n) is 11.4. The van der Waals surface area contributed by atoms with Crippen LogP contribution in [-0.4, -0.2) is 15.0 Å². The average Bonchev–Trinajstić information content (AvgIpc) is 2.83. The van der Waals surface area contributed by atoms with E-state index in [4.69, 9.17) is 30.2 Å². The van der Waals surface area contributed by atoms with Crippen LogP contribution in [0.4, 0.5) is 5.95 Å². The predicted molar refractivity (Wildman–Crippen MR) is 134 cm³/mol. The number of hydrogen-bond donors (Lipinski definition) is 2. The van der Waals surface area contributed by atoms with E-state index in [1.807, 2.05) is 91.0 Å². The molecule has 35 heavy (non-hydrogen) atoms. The molecule has 6 rings (SSSR count). The van der Waals surface area contributed by atoms with Crippen LogP contribution in [0.3, 0.4) is 0 Å². The van der Waals surface area contributed by atoms with E-state index in [2.05, 4.69) is 5.32 Å². The molecule has 3 aromatic carbocycles. The number of rotatable bonds is 7. The second-order valence-electron chi connectivity index (χ2n) is 8.28. The van der Waals surface area contributed by atoms with Gasteiger partial charge in [-0.2, -0.15) is 9.97 Å². The fraction of sp³-hybridized carbons (Fsp3) is 0.107. The Morgan fingerprint density at radius 2 is 1.14 bits per heavy atom. The fourth-order valence-electron chi connectivity index (χ4n) is 4.21. The molecule has 0 bridgehead atoms. The first-order chi connectivity index (χ1) is 17.3. The lowest BCUT2D eigenvalue weighted by Crippen LogP contribution is -2.27. The molecular formula is C28H23N5O2. The van der Waals surface area contributed by atoms with Crippen LogP contribution in [0.1, 0.15) is 35.1 Å². The fourth-order valence-corrected chi connectivity index (χ4v) is 4.21. The van der Waals surface area contributed by atoms with Crippen molar-refractivity contribution in [3.05, 3.63) is 120 Å². The summed E-state index contributed by atoms with van der Waals surface area (Å²) >= 11 is 0. The van der Waals surface area contributed by atoms with Gasteiger partial charge in [0.25, 0.3) is 0 Å². The Labute approximate surface area is 203 Å². The lowest BCUT2D eigenvalue weighted by molar-refractivity contribution is 0.134. The van der Waals surface area contributed by atoms with Crippen LogP contribution in [0.2, 0.25) is 0 Å². The number of anilines is 1. The van der Waals surface area contributed by atoms with E-state index in [-0.39, 0.29) is 12.2 Å². The van der Waals surface area contributed by atoms with Gasteiger partial charge in [0.1, 0.15) is 18.4 Å². The van der Waals surface area contributed by atoms with E-state index in [1.54, 1.807) is 12.5 Å². The topological polar surface area (TPSA) is 95.2 Å². The Morgan fingerprint density at radius 3 is 1.57 bits per heavy atom. The zero-order valence-corrected chi connectivity index (χ0v) is 18.8. The third-order valence-corrected chi connectivity index (χ3v) is 6.04. The summed E-state index contributed by atoms with van der Waals surface area (Å²) in [5, 5.41) is 3.32. The van der Waals surface area contributed by atoms with E-state index >= 15 is 0 Å². The largest absolute Gasteiger partial charge is 0.489 e. The molecule has 0 amide bonds. The number of ether oxygens (including phenoxy) is 2. The minimum Gasteiger partial charge on any atom is -0.489 e. The molecule has 3 atom stereocenters. The zero-order valence-electron chi connectivity index (χ0n) is 18.8. The lowest BCUT2D eigenvalue weighted by atomic mass is 9.90. The van der Waals surface area contributed by atoms with Crippen molar-refractivity contribution in [2.24, 2.45) is 5.73 Å². The van der Waals surface area contributed by atoms with E-state index in [9.17, 15) is 0 Å². The summed E-state index contributed by atoms with van der Waals surface area (Å²) in [4.78, 5) is 14.1. The maximum atomic E-state index is 6.77. The van der Waals surface area contributed by atoms with Gasteiger partial charge in [0.05, 0.1) is 12.5 Å². The Kier molecular flexibility index (Phi) is 5.44. The minimum atomic E-state index is -0.606. The van der Waals surface area contributed by atoms with E-state index in [0.717, 1.165) is 27.8 Å². The number of benzene rings is 3. The van der Waals surface area contributed by atoms with Crippen molar-refractivity contribution in [2.45, 2.75) is 18.4 Å². The second-order valence-corrected chi connectivity index (χ2v) is 8.28. The van der Waals surface area contributed by atoms with Crippen LogP contribution in [-0.2, 0) is 9.47 Å². The molecule has 3 unspecified atom stereocenters. The van der Waals surface area contributed by atoms with Crippen molar-refractivity contribution in [1.29, 1.82) is 0 Å². The lowest BCUT2D eigenvalue weighted by Gasteiger charge is -2.30. The molecule has 0 spiro atoms. The maximum absolute atomic E-state index is 6.77. The Morgan fingerprint density at radius 1 is 0.657 bits per heavy atom. The number of nitrogens with one attached hydrogen (secondary N) is 1. The molecule has 3 N–H and O–H groups in total. The first-order valence-corrected chi connectivity index (χ1v) is 11.4. The Balaban J connectivity index is 1.41. The molecule has 172 valence electrons. The molecule has 1 aromatic heterocycles. The minimum absolute atomic E-state index is 0.153. The van der Waals surface area contributed by atoms with Gasteiger partial charge in [-0.05, 0) is 12.2 Å². The molecule has 0 radical (unpaired) electrons. The van der Waals surface area contributed by atoms with Gasteiger partial charge in [0.15, 0.2) is 11.6 Å². The quantitative estimate of drug-likeness (QED) is 0.354. The van der Waals surface area contributed by atoms with Crippen LogP contribution < -0.4 is 11.1 Å². The van der Waals surface area contributed by atoms with Crippen molar-refractivity contribution >= 4 is 5.95 Å². The van der Waals surface area contributed by atoms with Crippen molar-refractivity contribution in [3.8, 4) is 22.8 Å². The van der Waals surface area contributed by atoms with Crippen molar-refractivity contribution in [2.75, 3.05) is 5.32 Å². The van der Waals surface area contributed by atoms with Crippen LogP contribution in [0.15, 0.2) is 104 Å². The summed E-state index contributed by atoms with van der Waals surface area (Å²) in [5.41, 5.74) is 11.4. The molecule has 2 aliphatic rings. The molecule has 3 heterocycles. The highest BCUT2D eigenvalue weighted by molar-refractivity contribution is 5.63. The average molecular weight is 462 g/mol. The van der Waals surface area contributed by atoms with Gasteiger partial charge in [-0.3, -0.25) is 0 Å². The molecule has 7 heteroatoms. The molecule has 4 aromatic rings. The van der Waals surface area contributed by atoms with Crippen molar-refractivity contribution in [3.63, 3.8) is 0 Å². The predicted octanol–water partition coefficient (Wildman–Crippen LogP) is 5.45. The summed E-state index contributed by atoms with van der Waals surface area (Å²) in [6.45, 7) is 0. The van der Waals surface area contributed by atoms with Gasteiger partial charge in [-0.25, -0.2) is 4.98 Å². The van der Waals surface area contributed by atoms with Gasteiger partial charge in [-0.1, -0.05) is 78.9 Å². The standard InChI is InChI=1S/C28H23N5O2/c29-25(24-20(22-14-16-34-22)12-7-13-21(24)23-15-17-35-23)30-28-32-26(18-8-3-1-4-9-18)31-27(33-28)19-10-5-2-6-11-19/h1-17,22-23,25H,29H2,(H,30,31,32,33). The Hall–Kier alpha value is -4.49. The van der Waals surface area contributed by atoms with Crippen LogP contribution in [0.5, 0.6) is 0 Å². The maximum Gasteiger partial charge on any atom is 0.228 e. The van der Waals surface area contributed by atoms with Crippen LogP contribution in [0, 0.1) is 0 Å². The summed E-state index contributed by atoms with van der Waals surface area (Å²) < 4.78 is 11.3. The molecule has 0 saturated heterocycles. The third kappa shape index (κ3) is 4.13. The number of hydrogen-bond acceptors (Lipinski definition) is 7. The normalized spacial score (nSPS) is 18.5. The van der Waals surface area contributed by atoms with Gasteiger partial charge in [0.2, 0.25) is 5.95 Å². The van der Waals surface area contributed by atoms with E-state index in [1.165, 1.54) is 0 Å². The highest BCUT2D eigenvalue weighted by atomic mass is 16.5. The smallest absolute Gasteiger partial charge is 0.228 e. The summed E-state index contributed by atoms with van der Waals surface area (Å²) in [6, 6.07) is 25.7. The first kappa shape index (κ1) is 21.1. The highest BCUT2D eigenvalue weighted by Gasteiger charge is 2.28. The second kappa shape index (κ2) is 9.04. The molecule has 0 fully saturated rings. The van der Waals surface area contributed by atoms with Crippen molar-refractivity contribution in [1.82, 2.24) is 15.0 Å². The molecule has 0 aliphatic carbocycles. The van der Waals surface area contributed by atoms with Crippen molar-refractivity contribution < 1.29 is 9.47 Å². The third-order valence-electron chi connectivity index (χ3n) is 6.04. The zero-order chi connectivity index (χ0) is 23.6. The SMILES string of the molecule is NC(Nc1nc(-c2ccccc2)nc(-c2ccccc2)n1)c1c(C2C=CO2)cccc1C1C=CO1. The molecular weight excluding hydrogens is 438 g/mol.